The summed E-state index contributed by atoms with van der Waals surface area (Å²) in [5.41, 5.74) is -1.12. The molecule has 28 heavy (non-hydrogen) atoms. The Morgan fingerprint density at radius 2 is 1.36 bits per heavy atom. The molecule has 0 aromatic carbocycles. The van der Waals surface area contributed by atoms with E-state index in [4.69, 9.17) is 0 Å². The third-order valence-electron chi connectivity index (χ3n) is 9.74. The van der Waals surface area contributed by atoms with Gasteiger partial charge >= 0.3 is 0 Å². The molecule has 2 heteroatoms. The molecule has 2 spiro atoms. The SMILES string of the molecule is CCCCCC1CC[C@]2(CC1)C(=O)[C@@]1(CCC(C3CCC(C)CC3)CC1)[C@@H]2F. The number of unbranched alkanes of at least 4 members (excludes halogenated alkanes) is 2. The van der Waals surface area contributed by atoms with E-state index in [2.05, 4.69) is 13.8 Å². The second-order valence-corrected chi connectivity index (χ2v) is 11.3. The second-order valence-electron chi connectivity index (χ2n) is 11.3. The highest BCUT2D eigenvalue weighted by atomic mass is 19.1. The summed E-state index contributed by atoms with van der Waals surface area (Å²) in [7, 11) is 0. The Hall–Kier alpha value is -0.400. The fourth-order valence-corrected chi connectivity index (χ4v) is 7.69. The van der Waals surface area contributed by atoms with Crippen molar-refractivity contribution in [3.8, 4) is 0 Å². The van der Waals surface area contributed by atoms with E-state index < -0.39 is 17.0 Å². The molecule has 4 aliphatic carbocycles. The zero-order valence-corrected chi connectivity index (χ0v) is 18.5. The molecule has 160 valence electrons. The minimum absolute atomic E-state index is 0.357. The summed E-state index contributed by atoms with van der Waals surface area (Å²) in [6.45, 7) is 4.63. The average Bonchev–Trinajstić information content (AvgIpc) is 2.74. The van der Waals surface area contributed by atoms with E-state index in [1.165, 1.54) is 51.4 Å². The zero-order chi connectivity index (χ0) is 19.8. The number of alkyl halides is 1. The lowest BCUT2D eigenvalue weighted by Gasteiger charge is -2.61. The summed E-state index contributed by atoms with van der Waals surface area (Å²) in [4.78, 5) is 13.4. The Bertz CT molecular complexity index is 531. The lowest BCUT2D eigenvalue weighted by atomic mass is 9.41. The van der Waals surface area contributed by atoms with Gasteiger partial charge in [-0.25, -0.2) is 4.39 Å². The Labute approximate surface area is 172 Å². The van der Waals surface area contributed by atoms with E-state index in [9.17, 15) is 4.79 Å². The normalized spacial score (nSPS) is 46.7. The van der Waals surface area contributed by atoms with Gasteiger partial charge in [0, 0.05) is 0 Å². The van der Waals surface area contributed by atoms with Gasteiger partial charge in [-0.15, -0.1) is 0 Å². The molecule has 4 saturated carbocycles. The minimum Gasteiger partial charge on any atom is -0.298 e. The van der Waals surface area contributed by atoms with Crippen molar-refractivity contribution in [2.75, 3.05) is 0 Å². The molecule has 0 aromatic rings. The van der Waals surface area contributed by atoms with Gasteiger partial charge in [0.1, 0.15) is 6.17 Å². The van der Waals surface area contributed by atoms with Crippen LogP contribution in [0.5, 0.6) is 0 Å². The van der Waals surface area contributed by atoms with Crippen LogP contribution in [0.4, 0.5) is 4.39 Å². The van der Waals surface area contributed by atoms with Crippen molar-refractivity contribution in [2.45, 2.75) is 123 Å². The van der Waals surface area contributed by atoms with Gasteiger partial charge in [-0.05, 0) is 87.9 Å². The largest absolute Gasteiger partial charge is 0.298 e. The lowest BCUT2D eigenvalue weighted by Crippen LogP contribution is -2.69. The number of rotatable bonds is 5. The van der Waals surface area contributed by atoms with Crippen LogP contribution in [0.25, 0.3) is 0 Å². The van der Waals surface area contributed by atoms with Crippen molar-refractivity contribution in [1.82, 2.24) is 0 Å². The van der Waals surface area contributed by atoms with Crippen LogP contribution in [0.15, 0.2) is 0 Å². The maximum atomic E-state index is 15.7. The van der Waals surface area contributed by atoms with Gasteiger partial charge in [0.05, 0.1) is 10.8 Å². The highest BCUT2D eigenvalue weighted by Crippen LogP contribution is 2.66. The lowest BCUT2D eigenvalue weighted by molar-refractivity contribution is -0.194. The highest BCUT2D eigenvalue weighted by molar-refractivity contribution is 5.98. The smallest absolute Gasteiger partial charge is 0.151 e. The monoisotopic (exact) mass is 390 g/mol. The Kier molecular flexibility index (Phi) is 6.24. The molecule has 0 aromatic heterocycles. The minimum atomic E-state index is -0.837. The van der Waals surface area contributed by atoms with Crippen LogP contribution in [0.3, 0.4) is 0 Å². The molecule has 1 atom stereocenters. The van der Waals surface area contributed by atoms with E-state index in [0.717, 1.165) is 75.0 Å². The number of halogens is 1. The highest BCUT2D eigenvalue weighted by Gasteiger charge is 2.71. The summed E-state index contributed by atoms with van der Waals surface area (Å²) < 4.78 is 15.7. The standard InChI is InChI=1S/C26H43FO/c1-3-4-5-6-20-11-15-25(16-12-20)23(27)26(24(25)28)17-13-22(14-18-26)21-9-7-19(2)8-10-21/h19-23H,3-18H2,1-2H3/t19?,20?,21?,22?,23-,25-,26-/m1/s1. The average molecular weight is 391 g/mol. The molecule has 0 N–H and O–H groups in total. The maximum absolute atomic E-state index is 15.7. The molecule has 1 nitrogen and oxygen atoms in total. The van der Waals surface area contributed by atoms with Crippen molar-refractivity contribution in [3.05, 3.63) is 0 Å². The molecule has 4 rings (SSSR count). The van der Waals surface area contributed by atoms with Crippen molar-refractivity contribution in [3.63, 3.8) is 0 Å². The maximum Gasteiger partial charge on any atom is 0.151 e. The van der Waals surface area contributed by atoms with Crippen LogP contribution < -0.4 is 0 Å². The molecule has 0 saturated heterocycles. The van der Waals surface area contributed by atoms with Crippen LogP contribution in [0.2, 0.25) is 0 Å². The van der Waals surface area contributed by atoms with Crippen LogP contribution in [0.1, 0.15) is 117 Å². The Morgan fingerprint density at radius 1 is 0.821 bits per heavy atom. The topological polar surface area (TPSA) is 17.1 Å². The molecule has 0 bridgehead atoms. The predicted octanol–water partition coefficient (Wildman–Crippen LogP) is 7.67. The van der Waals surface area contributed by atoms with Crippen molar-refractivity contribution in [1.29, 1.82) is 0 Å². The van der Waals surface area contributed by atoms with Gasteiger partial charge in [0.2, 0.25) is 0 Å². The van der Waals surface area contributed by atoms with Gasteiger partial charge in [0.15, 0.2) is 5.78 Å². The third kappa shape index (κ3) is 3.49. The molecular weight excluding hydrogens is 347 g/mol. The number of Topliss-reactive ketones (excluding diaryl/α,β-unsaturated/α-hetero) is 1. The van der Waals surface area contributed by atoms with Crippen LogP contribution in [-0.2, 0) is 4.79 Å². The Balaban J connectivity index is 1.29. The molecule has 4 aliphatic rings. The summed E-state index contributed by atoms with van der Waals surface area (Å²) in [5.74, 6) is 3.62. The molecule has 0 unspecified atom stereocenters. The molecule has 0 amide bonds. The van der Waals surface area contributed by atoms with Crippen LogP contribution in [0, 0.1) is 34.5 Å². The summed E-state index contributed by atoms with van der Waals surface area (Å²) in [6, 6.07) is 0. The number of hydrogen-bond donors (Lipinski definition) is 0. The van der Waals surface area contributed by atoms with Crippen LogP contribution >= 0.6 is 0 Å². The number of hydrogen-bond acceptors (Lipinski definition) is 1. The first-order valence-electron chi connectivity index (χ1n) is 12.7. The van der Waals surface area contributed by atoms with E-state index in [1.54, 1.807) is 0 Å². The predicted molar refractivity (Wildman–Crippen MR) is 114 cm³/mol. The van der Waals surface area contributed by atoms with Crippen molar-refractivity contribution < 1.29 is 9.18 Å². The van der Waals surface area contributed by atoms with Gasteiger partial charge in [-0.1, -0.05) is 52.4 Å². The molecule has 0 radical (unpaired) electrons. The van der Waals surface area contributed by atoms with Gasteiger partial charge < -0.3 is 0 Å². The van der Waals surface area contributed by atoms with E-state index in [1.807, 2.05) is 0 Å². The number of carbonyl (C=O) groups is 1. The first-order chi connectivity index (χ1) is 13.5. The fourth-order valence-electron chi connectivity index (χ4n) is 7.69. The summed E-state index contributed by atoms with van der Waals surface area (Å²) in [6.07, 6.45) is 17.6. The molecule has 4 fully saturated rings. The fraction of sp³-hybridized carbons (Fsp3) is 0.962. The number of carbonyl (C=O) groups excluding carboxylic acids is 1. The number of ketones is 1. The van der Waals surface area contributed by atoms with E-state index in [0.29, 0.717) is 5.78 Å². The first-order valence-corrected chi connectivity index (χ1v) is 12.7. The first kappa shape index (κ1) is 20.9. The van der Waals surface area contributed by atoms with Crippen molar-refractivity contribution in [2.24, 2.45) is 34.5 Å². The van der Waals surface area contributed by atoms with Gasteiger partial charge in [-0.3, -0.25) is 4.79 Å². The van der Waals surface area contributed by atoms with Gasteiger partial charge in [0.25, 0.3) is 0 Å². The zero-order valence-electron chi connectivity index (χ0n) is 18.5. The van der Waals surface area contributed by atoms with E-state index in [-0.39, 0.29) is 0 Å². The van der Waals surface area contributed by atoms with Crippen LogP contribution in [-0.4, -0.2) is 12.0 Å². The quantitative estimate of drug-likeness (QED) is 0.440. The molecule has 0 aliphatic heterocycles. The summed E-state index contributed by atoms with van der Waals surface area (Å²) in [5, 5.41) is 0. The molecule has 0 heterocycles. The van der Waals surface area contributed by atoms with Gasteiger partial charge in [-0.2, -0.15) is 0 Å². The third-order valence-corrected chi connectivity index (χ3v) is 9.74. The van der Waals surface area contributed by atoms with E-state index >= 15 is 4.39 Å². The van der Waals surface area contributed by atoms with Crippen molar-refractivity contribution >= 4 is 5.78 Å². The molecular formula is C26H43FO. The second kappa shape index (κ2) is 8.38. The summed E-state index contributed by atoms with van der Waals surface area (Å²) >= 11 is 0. The Morgan fingerprint density at radius 3 is 1.89 bits per heavy atom.